The third-order valence-corrected chi connectivity index (χ3v) is 3.94. The van der Waals surface area contributed by atoms with E-state index in [1.807, 2.05) is 0 Å². The highest BCUT2D eigenvalue weighted by atomic mass is 16.5. The smallest absolute Gasteiger partial charge is 0.328 e. The van der Waals surface area contributed by atoms with Crippen molar-refractivity contribution in [3.63, 3.8) is 0 Å². The number of H-pyrrole nitrogens is 1. The van der Waals surface area contributed by atoms with Crippen molar-refractivity contribution in [2.75, 3.05) is 13.7 Å². The van der Waals surface area contributed by atoms with Gasteiger partial charge < -0.3 is 20.1 Å². The zero-order valence-corrected chi connectivity index (χ0v) is 14.3. The summed E-state index contributed by atoms with van der Waals surface area (Å²) in [5.74, 6) is -2.21. The Labute approximate surface area is 148 Å². The largest absolute Gasteiger partial charge is 0.496 e. The maximum atomic E-state index is 12.2. The lowest BCUT2D eigenvalue weighted by atomic mass is 9.98. The summed E-state index contributed by atoms with van der Waals surface area (Å²) < 4.78 is 5.97. The van der Waals surface area contributed by atoms with Crippen LogP contribution in [0.15, 0.2) is 40.1 Å². The second-order valence-electron chi connectivity index (χ2n) is 5.63. The van der Waals surface area contributed by atoms with Crippen LogP contribution in [0.4, 0.5) is 0 Å². The van der Waals surface area contributed by atoms with Crippen molar-refractivity contribution in [3.05, 3.63) is 62.4 Å². The highest BCUT2D eigenvalue weighted by Crippen LogP contribution is 2.21. The number of amides is 1. The highest BCUT2D eigenvalue weighted by Gasteiger charge is 2.22. The number of methoxy groups -OCH3 is 1. The van der Waals surface area contributed by atoms with Gasteiger partial charge in [0.25, 0.3) is 11.5 Å². The van der Waals surface area contributed by atoms with E-state index < -0.39 is 29.0 Å². The Bertz CT molecular complexity index is 931. The molecule has 3 N–H and O–H groups in total. The minimum atomic E-state index is -1.09. The van der Waals surface area contributed by atoms with Gasteiger partial charge in [0.15, 0.2) is 0 Å². The molecule has 2 rings (SSSR count). The molecule has 0 saturated carbocycles. The number of benzene rings is 1. The lowest BCUT2D eigenvalue weighted by Gasteiger charge is -2.15. The number of carbonyl (C=O) groups is 2. The Morgan fingerprint density at radius 2 is 2.00 bits per heavy atom. The molecule has 1 aromatic heterocycles. The molecule has 2 aromatic rings. The number of nitrogens with one attached hydrogen (secondary N) is 2. The maximum Gasteiger partial charge on any atom is 0.328 e. The van der Waals surface area contributed by atoms with Crippen molar-refractivity contribution < 1.29 is 19.4 Å². The molecule has 26 heavy (non-hydrogen) atoms. The molecule has 0 fully saturated rings. The van der Waals surface area contributed by atoms with Crippen LogP contribution < -0.4 is 21.3 Å². The van der Waals surface area contributed by atoms with E-state index in [-0.39, 0.29) is 18.5 Å². The topological polar surface area (TPSA) is 130 Å². The van der Waals surface area contributed by atoms with E-state index in [4.69, 9.17) is 4.74 Å². The first-order valence-electron chi connectivity index (χ1n) is 7.76. The van der Waals surface area contributed by atoms with Crippen molar-refractivity contribution in [3.8, 4) is 5.75 Å². The van der Waals surface area contributed by atoms with Crippen LogP contribution in [0.1, 0.15) is 15.9 Å². The molecule has 0 aliphatic heterocycles. The average Bonchev–Trinajstić information content (AvgIpc) is 2.63. The van der Waals surface area contributed by atoms with Gasteiger partial charge in [-0.25, -0.2) is 4.79 Å². The fourth-order valence-electron chi connectivity index (χ4n) is 2.42. The van der Waals surface area contributed by atoms with E-state index in [0.717, 1.165) is 10.8 Å². The fourth-order valence-corrected chi connectivity index (χ4v) is 2.42. The monoisotopic (exact) mass is 361 g/mol. The van der Waals surface area contributed by atoms with Crippen LogP contribution in [0.5, 0.6) is 5.75 Å². The molecular formula is C17H19N3O6. The van der Waals surface area contributed by atoms with Gasteiger partial charge in [0.05, 0.1) is 13.0 Å². The number of carboxylic acid groups (broad SMARTS) is 1. The van der Waals surface area contributed by atoms with E-state index in [1.165, 1.54) is 14.2 Å². The third-order valence-electron chi connectivity index (χ3n) is 3.94. The second kappa shape index (κ2) is 8.15. The molecule has 0 spiro atoms. The molecule has 9 heteroatoms. The molecule has 1 unspecified atom stereocenters. The summed E-state index contributed by atoms with van der Waals surface area (Å²) in [5, 5.41) is 11.8. The molecular weight excluding hydrogens is 342 g/mol. The first-order valence-corrected chi connectivity index (χ1v) is 7.76. The number of nitrogens with zero attached hydrogens (tertiary/aromatic N) is 1. The van der Waals surface area contributed by atoms with E-state index in [0.29, 0.717) is 11.3 Å². The first kappa shape index (κ1) is 19.0. The Kier molecular flexibility index (Phi) is 5.94. The van der Waals surface area contributed by atoms with Gasteiger partial charge >= 0.3 is 11.7 Å². The third kappa shape index (κ3) is 4.18. The number of carboxylic acids is 1. The van der Waals surface area contributed by atoms with Gasteiger partial charge in [-0.2, -0.15) is 0 Å². The lowest BCUT2D eigenvalue weighted by Crippen LogP contribution is -2.41. The van der Waals surface area contributed by atoms with Gasteiger partial charge in [0.2, 0.25) is 0 Å². The molecule has 0 saturated heterocycles. The quantitative estimate of drug-likeness (QED) is 0.624. The standard InChI is InChI=1S/C17H19N3O6/c1-20-15(22)12(9-19-17(20)25)14(21)18-8-11(16(23)24)7-10-5-3-4-6-13(10)26-2/h3-6,9,11H,7-8H2,1-2H3,(H,18,21)(H,19,25)(H,23,24). The number of para-hydroxylation sites is 1. The molecule has 0 aliphatic carbocycles. The lowest BCUT2D eigenvalue weighted by molar-refractivity contribution is -0.141. The molecule has 1 atom stereocenters. The van der Waals surface area contributed by atoms with Crippen molar-refractivity contribution in [1.29, 1.82) is 0 Å². The SMILES string of the molecule is COc1ccccc1CC(CNC(=O)c1c[nH]c(=O)n(C)c1=O)C(=O)O. The van der Waals surface area contributed by atoms with Crippen LogP contribution in [0.25, 0.3) is 0 Å². The summed E-state index contributed by atoms with van der Waals surface area (Å²) in [6.07, 6.45) is 1.15. The molecule has 0 bridgehead atoms. The van der Waals surface area contributed by atoms with Gasteiger partial charge in [-0.1, -0.05) is 18.2 Å². The number of carbonyl (C=O) groups excluding carboxylic acids is 1. The van der Waals surface area contributed by atoms with Crippen LogP contribution >= 0.6 is 0 Å². The summed E-state index contributed by atoms with van der Waals surface area (Å²) in [6, 6.07) is 7.00. The highest BCUT2D eigenvalue weighted by molar-refractivity contribution is 5.93. The van der Waals surface area contributed by atoms with E-state index >= 15 is 0 Å². The van der Waals surface area contributed by atoms with Crippen molar-refractivity contribution in [2.24, 2.45) is 13.0 Å². The predicted octanol–water partition coefficient (Wildman–Crippen LogP) is -0.244. The average molecular weight is 361 g/mol. The molecule has 9 nitrogen and oxygen atoms in total. The molecule has 0 radical (unpaired) electrons. The van der Waals surface area contributed by atoms with Gasteiger partial charge in [-0.3, -0.25) is 19.0 Å². The van der Waals surface area contributed by atoms with Crippen molar-refractivity contribution >= 4 is 11.9 Å². The van der Waals surface area contributed by atoms with Gasteiger partial charge in [-0.15, -0.1) is 0 Å². The summed E-state index contributed by atoms with van der Waals surface area (Å²) in [7, 11) is 2.72. The number of hydrogen-bond acceptors (Lipinski definition) is 5. The van der Waals surface area contributed by atoms with Gasteiger partial charge in [0, 0.05) is 19.8 Å². The van der Waals surface area contributed by atoms with E-state index in [9.17, 15) is 24.3 Å². The number of hydrogen-bond donors (Lipinski definition) is 3. The minimum Gasteiger partial charge on any atom is -0.496 e. The number of aromatic amines is 1. The Morgan fingerprint density at radius 3 is 2.65 bits per heavy atom. The Morgan fingerprint density at radius 1 is 1.31 bits per heavy atom. The predicted molar refractivity (Wildman–Crippen MR) is 92.5 cm³/mol. The number of rotatable bonds is 7. The Balaban J connectivity index is 2.13. The maximum absolute atomic E-state index is 12.2. The molecule has 138 valence electrons. The molecule has 1 aromatic carbocycles. The van der Waals surface area contributed by atoms with Crippen LogP contribution in [0.2, 0.25) is 0 Å². The normalized spacial score (nSPS) is 11.6. The fraction of sp³-hybridized carbons (Fsp3) is 0.294. The summed E-state index contributed by atoms with van der Waals surface area (Å²) >= 11 is 0. The van der Waals surface area contributed by atoms with Crippen LogP contribution in [-0.4, -0.2) is 40.2 Å². The van der Waals surface area contributed by atoms with Gasteiger partial charge in [0.1, 0.15) is 11.3 Å². The summed E-state index contributed by atoms with van der Waals surface area (Å²) in [6.45, 7) is -0.186. The number of aromatic nitrogens is 2. The van der Waals surface area contributed by atoms with E-state index in [1.54, 1.807) is 24.3 Å². The molecule has 1 heterocycles. The van der Waals surface area contributed by atoms with Gasteiger partial charge in [-0.05, 0) is 18.1 Å². The number of ether oxygens (including phenoxy) is 1. The van der Waals surface area contributed by atoms with Crippen LogP contribution in [0, 0.1) is 5.92 Å². The van der Waals surface area contributed by atoms with Crippen molar-refractivity contribution in [2.45, 2.75) is 6.42 Å². The summed E-state index contributed by atoms with van der Waals surface area (Å²) in [4.78, 5) is 49.2. The summed E-state index contributed by atoms with van der Waals surface area (Å²) in [5.41, 5.74) is -0.987. The van der Waals surface area contributed by atoms with Crippen LogP contribution in [0.3, 0.4) is 0 Å². The first-order chi connectivity index (χ1) is 12.3. The Hall–Kier alpha value is -3.36. The second-order valence-corrected chi connectivity index (χ2v) is 5.63. The van der Waals surface area contributed by atoms with E-state index in [2.05, 4.69) is 10.3 Å². The minimum absolute atomic E-state index is 0.142. The zero-order valence-electron chi connectivity index (χ0n) is 14.3. The van der Waals surface area contributed by atoms with Crippen molar-refractivity contribution in [1.82, 2.24) is 14.9 Å². The molecule has 0 aliphatic rings. The van der Waals surface area contributed by atoms with Crippen LogP contribution in [-0.2, 0) is 18.3 Å². The number of aliphatic carboxylic acids is 1. The molecule has 1 amide bonds. The zero-order chi connectivity index (χ0) is 19.3.